The van der Waals surface area contributed by atoms with Crippen molar-refractivity contribution in [1.82, 2.24) is 20.0 Å². The van der Waals surface area contributed by atoms with Crippen molar-refractivity contribution in [3.05, 3.63) is 0 Å². The molecule has 110 valence electrons. The first-order valence-electron chi connectivity index (χ1n) is 7.58. The smallest absolute Gasteiger partial charge is 0.237 e. The SMILES string of the molecule is CC1CN(C)CCCN1C(=O)CN1CCCNCC1. The predicted molar refractivity (Wildman–Crippen MR) is 77.2 cm³/mol. The summed E-state index contributed by atoms with van der Waals surface area (Å²) >= 11 is 0. The fourth-order valence-electron chi connectivity index (χ4n) is 3.08. The lowest BCUT2D eigenvalue weighted by Crippen LogP contribution is -2.47. The highest BCUT2D eigenvalue weighted by molar-refractivity contribution is 5.78. The second kappa shape index (κ2) is 7.22. The molecule has 0 radical (unpaired) electrons. The van der Waals surface area contributed by atoms with Gasteiger partial charge in [-0.3, -0.25) is 9.69 Å². The first-order valence-corrected chi connectivity index (χ1v) is 7.58. The molecule has 0 aromatic heterocycles. The van der Waals surface area contributed by atoms with Crippen LogP contribution in [0.2, 0.25) is 0 Å². The Balaban J connectivity index is 1.86. The van der Waals surface area contributed by atoms with E-state index >= 15 is 0 Å². The van der Waals surface area contributed by atoms with Crippen LogP contribution in [0, 0.1) is 0 Å². The summed E-state index contributed by atoms with van der Waals surface area (Å²) in [6, 6.07) is 0.338. The van der Waals surface area contributed by atoms with Crippen molar-refractivity contribution in [2.24, 2.45) is 0 Å². The van der Waals surface area contributed by atoms with Gasteiger partial charge in [0.2, 0.25) is 5.91 Å². The molecule has 2 aliphatic rings. The van der Waals surface area contributed by atoms with Crippen molar-refractivity contribution in [2.45, 2.75) is 25.8 Å². The van der Waals surface area contributed by atoms with Crippen molar-refractivity contribution in [2.75, 3.05) is 59.4 Å². The predicted octanol–water partition coefficient (Wildman–Crippen LogP) is -0.166. The van der Waals surface area contributed by atoms with E-state index < -0.39 is 0 Å². The largest absolute Gasteiger partial charge is 0.338 e. The third-order valence-corrected chi connectivity index (χ3v) is 4.16. The van der Waals surface area contributed by atoms with Gasteiger partial charge in [-0.05, 0) is 46.4 Å². The molecule has 1 unspecified atom stereocenters. The van der Waals surface area contributed by atoms with Gasteiger partial charge >= 0.3 is 0 Å². The van der Waals surface area contributed by atoms with E-state index in [0.717, 1.165) is 58.7 Å². The Bertz CT molecular complexity index is 289. The van der Waals surface area contributed by atoms with Crippen LogP contribution in [0.3, 0.4) is 0 Å². The lowest BCUT2D eigenvalue weighted by atomic mass is 10.2. The monoisotopic (exact) mass is 268 g/mol. The summed E-state index contributed by atoms with van der Waals surface area (Å²) in [6.45, 7) is 9.89. The van der Waals surface area contributed by atoms with Gasteiger partial charge in [-0.2, -0.15) is 0 Å². The Morgan fingerprint density at radius 1 is 1.16 bits per heavy atom. The van der Waals surface area contributed by atoms with Crippen LogP contribution in [-0.4, -0.2) is 86.1 Å². The standard InChI is InChI=1S/C14H28N4O/c1-13-11-16(2)7-4-9-18(13)14(19)12-17-8-3-5-15-6-10-17/h13,15H,3-12H2,1-2H3. The Kier molecular flexibility index (Phi) is 5.60. The zero-order chi connectivity index (χ0) is 13.7. The highest BCUT2D eigenvalue weighted by Crippen LogP contribution is 2.09. The van der Waals surface area contributed by atoms with Gasteiger partial charge in [-0.15, -0.1) is 0 Å². The number of amides is 1. The van der Waals surface area contributed by atoms with Crippen LogP contribution in [0.25, 0.3) is 0 Å². The quantitative estimate of drug-likeness (QED) is 0.755. The molecule has 2 aliphatic heterocycles. The van der Waals surface area contributed by atoms with Crippen LogP contribution in [-0.2, 0) is 4.79 Å². The highest BCUT2D eigenvalue weighted by Gasteiger charge is 2.25. The summed E-state index contributed by atoms with van der Waals surface area (Å²) in [7, 11) is 2.14. The number of nitrogens with one attached hydrogen (secondary N) is 1. The minimum absolute atomic E-state index is 0.310. The maximum Gasteiger partial charge on any atom is 0.237 e. The molecule has 0 spiro atoms. The molecule has 0 saturated carbocycles. The molecule has 0 aromatic carbocycles. The molecule has 1 atom stereocenters. The first-order chi connectivity index (χ1) is 9.16. The van der Waals surface area contributed by atoms with Crippen molar-refractivity contribution in [3.8, 4) is 0 Å². The van der Waals surface area contributed by atoms with E-state index in [4.69, 9.17) is 0 Å². The van der Waals surface area contributed by atoms with Crippen LogP contribution >= 0.6 is 0 Å². The second-order valence-corrected chi connectivity index (χ2v) is 5.93. The van der Waals surface area contributed by atoms with Gasteiger partial charge < -0.3 is 15.1 Å². The fourth-order valence-corrected chi connectivity index (χ4v) is 3.08. The molecule has 1 N–H and O–H groups in total. The third kappa shape index (κ3) is 4.44. The van der Waals surface area contributed by atoms with Gasteiger partial charge in [0, 0.05) is 32.2 Å². The van der Waals surface area contributed by atoms with E-state index in [1.165, 1.54) is 0 Å². The molecule has 1 amide bonds. The number of hydrogen-bond acceptors (Lipinski definition) is 4. The molecule has 2 heterocycles. The van der Waals surface area contributed by atoms with E-state index in [1.807, 2.05) is 0 Å². The Hall–Kier alpha value is -0.650. The number of carbonyl (C=O) groups is 1. The summed E-state index contributed by atoms with van der Waals surface area (Å²) in [5, 5.41) is 3.38. The second-order valence-electron chi connectivity index (χ2n) is 5.93. The van der Waals surface area contributed by atoms with E-state index in [1.54, 1.807) is 0 Å². The molecular formula is C14H28N4O. The lowest BCUT2D eigenvalue weighted by molar-refractivity contribution is -0.134. The normalized spacial score (nSPS) is 27.9. The number of hydrogen-bond donors (Lipinski definition) is 1. The van der Waals surface area contributed by atoms with Gasteiger partial charge in [-0.25, -0.2) is 0 Å². The molecule has 2 saturated heterocycles. The molecule has 0 aromatic rings. The van der Waals surface area contributed by atoms with E-state index in [-0.39, 0.29) is 0 Å². The average molecular weight is 268 g/mol. The Morgan fingerprint density at radius 3 is 2.84 bits per heavy atom. The minimum Gasteiger partial charge on any atom is -0.338 e. The Labute approximate surface area is 116 Å². The maximum absolute atomic E-state index is 12.5. The van der Waals surface area contributed by atoms with Gasteiger partial charge in [0.05, 0.1) is 6.54 Å². The maximum atomic E-state index is 12.5. The van der Waals surface area contributed by atoms with E-state index in [2.05, 4.69) is 34.0 Å². The van der Waals surface area contributed by atoms with E-state index in [9.17, 15) is 4.79 Å². The lowest BCUT2D eigenvalue weighted by Gasteiger charge is -2.30. The van der Waals surface area contributed by atoms with Gasteiger partial charge in [0.1, 0.15) is 0 Å². The summed E-state index contributed by atoms with van der Waals surface area (Å²) in [6.07, 6.45) is 2.24. The van der Waals surface area contributed by atoms with Crippen LogP contribution in [0.1, 0.15) is 19.8 Å². The number of nitrogens with zero attached hydrogens (tertiary/aromatic N) is 3. The zero-order valence-electron chi connectivity index (χ0n) is 12.4. The molecule has 0 aliphatic carbocycles. The number of rotatable bonds is 2. The molecule has 19 heavy (non-hydrogen) atoms. The number of carbonyl (C=O) groups excluding carboxylic acids is 1. The number of likely N-dealkylation sites (N-methyl/N-ethyl adjacent to an activating group) is 1. The molecular weight excluding hydrogens is 240 g/mol. The molecule has 2 rings (SSSR count). The average Bonchev–Trinajstić information content (AvgIpc) is 2.70. The van der Waals surface area contributed by atoms with Gasteiger partial charge in [0.15, 0.2) is 0 Å². The fraction of sp³-hybridized carbons (Fsp3) is 0.929. The van der Waals surface area contributed by atoms with E-state index in [0.29, 0.717) is 18.5 Å². The van der Waals surface area contributed by atoms with Crippen molar-refractivity contribution in [1.29, 1.82) is 0 Å². The summed E-state index contributed by atoms with van der Waals surface area (Å²) < 4.78 is 0. The van der Waals surface area contributed by atoms with Gasteiger partial charge in [0.25, 0.3) is 0 Å². The molecule has 5 heteroatoms. The highest BCUT2D eigenvalue weighted by atomic mass is 16.2. The first kappa shape index (κ1) is 14.8. The summed E-state index contributed by atoms with van der Waals surface area (Å²) in [4.78, 5) is 19.2. The molecule has 5 nitrogen and oxygen atoms in total. The van der Waals surface area contributed by atoms with Crippen molar-refractivity contribution >= 4 is 5.91 Å². The zero-order valence-corrected chi connectivity index (χ0v) is 12.4. The summed E-state index contributed by atoms with van der Waals surface area (Å²) in [5.41, 5.74) is 0. The molecule has 2 fully saturated rings. The topological polar surface area (TPSA) is 38.8 Å². The van der Waals surface area contributed by atoms with Crippen LogP contribution < -0.4 is 5.32 Å². The Morgan fingerprint density at radius 2 is 2.00 bits per heavy atom. The van der Waals surface area contributed by atoms with Crippen molar-refractivity contribution < 1.29 is 4.79 Å². The van der Waals surface area contributed by atoms with Crippen molar-refractivity contribution in [3.63, 3.8) is 0 Å². The third-order valence-electron chi connectivity index (χ3n) is 4.16. The summed E-state index contributed by atoms with van der Waals surface area (Å²) in [5.74, 6) is 0.310. The van der Waals surface area contributed by atoms with Gasteiger partial charge in [-0.1, -0.05) is 0 Å². The van der Waals surface area contributed by atoms with Crippen LogP contribution in [0.15, 0.2) is 0 Å². The van der Waals surface area contributed by atoms with Crippen LogP contribution in [0.4, 0.5) is 0 Å². The van der Waals surface area contributed by atoms with Crippen LogP contribution in [0.5, 0.6) is 0 Å². The minimum atomic E-state index is 0.310. The molecule has 0 bridgehead atoms.